The van der Waals surface area contributed by atoms with E-state index in [2.05, 4.69) is 34.6 Å². The molecule has 1 N–H and O–H groups in total. The first-order chi connectivity index (χ1) is 15.5. The van der Waals surface area contributed by atoms with Crippen LogP contribution >= 0.6 is 22.7 Å². The van der Waals surface area contributed by atoms with Crippen molar-refractivity contribution in [3.63, 3.8) is 0 Å². The van der Waals surface area contributed by atoms with Gasteiger partial charge in [0, 0.05) is 24.0 Å². The van der Waals surface area contributed by atoms with Gasteiger partial charge in [0.2, 0.25) is 5.91 Å². The first-order valence-corrected chi connectivity index (χ1v) is 13.5. The summed E-state index contributed by atoms with van der Waals surface area (Å²) in [6, 6.07) is 17.6. The van der Waals surface area contributed by atoms with Crippen molar-refractivity contribution in [1.82, 2.24) is 9.29 Å². The van der Waals surface area contributed by atoms with Crippen molar-refractivity contribution in [2.75, 3.05) is 18.4 Å². The molecule has 1 atom stereocenters. The van der Waals surface area contributed by atoms with E-state index in [9.17, 15) is 13.2 Å². The van der Waals surface area contributed by atoms with Gasteiger partial charge in [-0.1, -0.05) is 42.5 Å². The molecule has 1 saturated heterocycles. The van der Waals surface area contributed by atoms with Crippen molar-refractivity contribution in [2.45, 2.75) is 17.1 Å². The SMILES string of the molecule is O=C(Nc1nc(-c2ccc3ccccc3c2)cs1)C1CCCN(S(=O)(=O)c2cccs2)C1. The van der Waals surface area contributed by atoms with E-state index in [0.717, 1.165) is 16.6 Å². The van der Waals surface area contributed by atoms with Crippen LogP contribution in [-0.4, -0.2) is 36.7 Å². The third-order valence-corrected chi connectivity index (χ3v) is 9.62. The maximum Gasteiger partial charge on any atom is 0.252 e. The summed E-state index contributed by atoms with van der Waals surface area (Å²) in [6.07, 6.45) is 1.31. The minimum atomic E-state index is -3.55. The first-order valence-electron chi connectivity index (χ1n) is 10.3. The molecule has 2 aromatic heterocycles. The fraction of sp³-hybridized carbons (Fsp3) is 0.217. The molecule has 6 nitrogen and oxygen atoms in total. The smallest absolute Gasteiger partial charge is 0.252 e. The zero-order valence-corrected chi connectivity index (χ0v) is 19.6. The quantitative estimate of drug-likeness (QED) is 0.430. The molecular weight excluding hydrogens is 462 g/mol. The average molecular weight is 484 g/mol. The molecule has 1 amide bonds. The molecule has 2 aromatic carbocycles. The molecule has 1 aliphatic rings. The highest BCUT2D eigenvalue weighted by molar-refractivity contribution is 7.91. The average Bonchev–Trinajstić information content (AvgIpc) is 3.52. The zero-order chi connectivity index (χ0) is 22.1. The number of piperidine rings is 1. The molecule has 32 heavy (non-hydrogen) atoms. The van der Waals surface area contributed by atoms with Crippen molar-refractivity contribution in [3.8, 4) is 11.3 Å². The predicted octanol–water partition coefficient (Wildman–Crippen LogP) is 5.06. The number of hydrogen-bond donors (Lipinski definition) is 1. The molecule has 0 aliphatic carbocycles. The minimum Gasteiger partial charge on any atom is -0.302 e. The summed E-state index contributed by atoms with van der Waals surface area (Å²) in [4.78, 5) is 17.5. The second kappa shape index (κ2) is 8.74. The monoisotopic (exact) mass is 483 g/mol. The Kier molecular flexibility index (Phi) is 5.81. The number of anilines is 1. The minimum absolute atomic E-state index is 0.185. The van der Waals surface area contributed by atoms with Gasteiger partial charge in [0.05, 0.1) is 11.6 Å². The largest absolute Gasteiger partial charge is 0.302 e. The Balaban J connectivity index is 1.28. The molecule has 4 aromatic rings. The fourth-order valence-corrected chi connectivity index (χ4v) is 7.32. The lowest BCUT2D eigenvalue weighted by atomic mass is 9.99. The van der Waals surface area contributed by atoms with Crippen LogP contribution in [0.25, 0.3) is 22.0 Å². The number of nitrogens with one attached hydrogen (secondary N) is 1. The number of aromatic nitrogens is 1. The Labute approximate surface area is 194 Å². The molecule has 5 rings (SSSR count). The van der Waals surface area contributed by atoms with Crippen LogP contribution in [0.1, 0.15) is 12.8 Å². The molecule has 0 spiro atoms. The highest BCUT2D eigenvalue weighted by Crippen LogP contribution is 2.30. The Morgan fingerprint density at radius 1 is 1.06 bits per heavy atom. The van der Waals surface area contributed by atoms with Gasteiger partial charge >= 0.3 is 0 Å². The number of benzene rings is 2. The van der Waals surface area contributed by atoms with E-state index in [1.165, 1.54) is 32.4 Å². The highest BCUT2D eigenvalue weighted by Gasteiger charge is 2.34. The summed E-state index contributed by atoms with van der Waals surface area (Å²) in [6.45, 7) is 0.627. The Bertz CT molecular complexity index is 1360. The van der Waals surface area contributed by atoms with Crippen LogP contribution in [0.2, 0.25) is 0 Å². The van der Waals surface area contributed by atoms with E-state index in [1.807, 2.05) is 23.6 Å². The summed E-state index contributed by atoms with van der Waals surface area (Å²) < 4.78 is 27.4. The van der Waals surface area contributed by atoms with E-state index in [-0.39, 0.29) is 12.5 Å². The molecule has 164 valence electrons. The number of rotatable bonds is 5. The summed E-state index contributed by atoms with van der Waals surface area (Å²) in [7, 11) is -3.55. The van der Waals surface area contributed by atoms with Crippen LogP contribution in [0.15, 0.2) is 69.6 Å². The van der Waals surface area contributed by atoms with Crippen LogP contribution in [-0.2, 0) is 14.8 Å². The highest BCUT2D eigenvalue weighted by atomic mass is 32.2. The summed E-state index contributed by atoms with van der Waals surface area (Å²) >= 11 is 2.57. The van der Waals surface area contributed by atoms with Crippen LogP contribution in [0.3, 0.4) is 0 Å². The topological polar surface area (TPSA) is 79.4 Å². The standard InChI is InChI=1S/C23H21N3O3S3/c27-22(19-7-3-11-26(14-19)32(28,29)21-8-4-12-30-21)25-23-24-20(15-31-23)18-10-9-16-5-1-2-6-17(16)13-18/h1-2,4-6,8-10,12-13,15,19H,3,7,11,14H2,(H,24,25,27). The zero-order valence-electron chi connectivity index (χ0n) is 17.1. The van der Waals surface area contributed by atoms with Gasteiger partial charge in [-0.3, -0.25) is 4.79 Å². The molecule has 0 saturated carbocycles. The lowest BCUT2D eigenvalue weighted by Gasteiger charge is -2.30. The van der Waals surface area contributed by atoms with E-state index >= 15 is 0 Å². The number of hydrogen-bond acceptors (Lipinski definition) is 6. The third kappa shape index (κ3) is 4.21. The van der Waals surface area contributed by atoms with Gasteiger partial charge in [-0.2, -0.15) is 4.31 Å². The lowest BCUT2D eigenvalue weighted by molar-refractivity contribution is -0.120. The second-order valence-corrected chi connectivity index (χ2v) is 11.7. The molecular formula is C23H21N3O3S3. The van der Waals surface area contributed by atoms with Crippen molar-refractivity contribution in [3.05, 3.63) is 65.4 Å². The number of amides is 1. The maximum absolute atomic E-state index is 12.9. The van der Waals surface area contributed by atoms with Crippen LogP contribution in [0, 0.1) is 5.92 Å². The van der Waals surface area contributed by atoms with Gasteiger partial charge in [-0.05, 0) is 41.1 Å². The molecule has 1 unspecified atom stereocenters. The molecule has 9 heteroatoms. The molecule has 0 radical (unpaired) electrons. The molecule has 3 heterocycles. The van der Waals surface area contributed by atoms with Crippen LogP contribution in [0.4, 0.5) is 5.13 Å². The first kappa shape index (κ1) is 21.3. The third-order valence-electron chi connectivity index (χ3n) is 5.62. The number of fused-ring (bicyclic) bond motifs is 1. The van der Waals surface area contributed by atoms with Crippen molar-refractivity contribution >= 4 is 54.5 Å². The molecule has 0 bridgehead atoms. The number of thiophene rings is 1. The summed E-state index contributed by atoms with van der Waals surface area (Å²) in [5, 5.41) is 9.39. The van der Waals surface area contributed by atoms with E-state index in [0.29, 0.717) is 28.7 Å². The van der Waals surface area contributed by atoms with E-state index < -0.39 is 15.9 Å². The number of thiazole rings is 1. The predicted molar refractivity (Wildman–Crippen MR) is 129 cm³/mol. The van der Waals surface area contributed by atoms with Gasteiger partial charge < -0.3 is 5.32 Å². The van der Waals surface area contributed by atoms with Gasteiger partial charge in [-0.15, -0.1) is 22.7 Å². The second-order valence-electron chi connectivity index (χ2n) is 7.72. The molecule has 1 fully saturated rings. The normalized spacial score (nSPS) is 17.4. The van der Waals surface area contributed by atoms with Crippen molar-refractivity contribution in [1.29, 1.82) is 0 Å². The van der Waals surface area contributed by atoms with Crippen molar-refractivity contribution in [2.24, 2.45) is 5.92 Å². The number of carbonyl (C=O) groups excluding carboxylic acids is 1. The van der Waals surface area contributed by atoms with Gasteiger partial charge in [0.15, 0.2) is 5.13 Å². The van der Waals surface area contributed by atoms with Gasteiger partial charge in [0.1, 0.15) is 4.21 Å². The number of sulfonamides is 1. The lowest BCUT2D eigenvalue weighted by Crippen LogP contribution is -2.43. The van der Waals surface area contributed by atoms with Gasteiger partial charge in [0.25, 0.3) is 10.0 Å². The summed E-state index contributed by atoms with van der Waals surface area (Å²) in [5.74, 6) is -0.581. The molecule has 1 aliphatic heterocycles. The maximum atomic E-state index is 12.9. The van der Waals surface area contributed by atoms with Crippen molar-refractivity contribution < 1.29 is 13.2 Å². The van der Waals surface area contributed by atoms with E-state index in [1.54, 1.807) is 17.5 Å². The van der Waals surface area contributed by atoms with Crippen LogP contribution < -0.4 is 5.32 Å². The van der Waals surface area contributed by atoms with E-state index in [4.69, 9.17) is 0 Å². The summed E-state index contributed by atoms with van der Waals surface area (Å²) in [5.41, 5.74) is 1.80. The Morgan fingerprint density at radius 3 is 2.72 bits per heavy atom. The Morgan fingerprint density at radius 2 is 1.91 bits per heavy atom. The number of carbonyl (C=O) groups is 1. The van der Waals surface area contributed by atoms with Gasteiger partial charge in [-0.25, -0.2) is 13.4 Å². The number of nitrogens with zero attached hydrogens (tertiary/aromatic N) is 2. The van der Waals surface area contributed by atoms with Crippen LogP contribution in [0.5, 0.6) is 0 Å². The fourth-order valence-electron chi connectivity index (χ4n) is 3.93. The Hall–Kier alpha value is -2.59.